The maximum atomic E-state index is 12.5. The second kappa shape index (κ2) is 7.43. The number of pyridine rings is 1. The Kier molecular flexibility index (Phi) is 5.59. The maximum Gasteiger partial charge on any atom is 0.255 e. The van der Waals surface area contributed by atoms with Crippen molar-refractivity contribution in [3.63, 3.8) is 0 Å². The van der Waals surface area contributed by atoms with Crippen LogP contribution in [0.5, 0.6) is 0 Å². The molecule has 1 aliphatic heterocycles. The number of carbonyl (C=O) groups is 1. The molecule has 2 rings (SSSR count). The van der Waals surface area contributed by atoms with Gasteiger partial charge in [-0.05, 0) is 43.2 Å². The van der Waals surface area contributed by atoms with Crippen molar-refractivity contribution < 1.29 is 4.79 Å². The van der Waals surface area contributed by atoms with Gasteiger partial charge in [0.25, 0.3) is 5.91 Å². The highest BCUT2D eigenvalue weighted by Gasteiger charge is 2.25. The van der Waals surface area contributed by atoms with E-state index in [1.54, 1.807) is 6.20 Å². The van der Waals surface area contributed by atoms with Crippen LogP contribution in [0.1, 0.15) is 50.4 Å². The SMILES string of the molecule is CCCNc1ccc(C(=O)N2CCC(C(C)C)CC2)cn1. The first-order chi connectivity index (χ1) is 10.1. The van der Waals surface area contributed by atoms with Crippen LogP contribution < -0.4 is 5.32 Å². The standard InChI is InChI=1S/C17H27N3O/c1-4-9-18-16-6-5-15(12-19-16)17(21)20-10-7-14(8-11-20)13(2)3/h5-6,12-14H,4,7-11H2,1-3H3,(H,18,19). The molecule has 1 aliphatic rings. The maximum absolute atomic E-state index is 12.5. The van der Waals surface area contributed by atoms with Crippen LogP contribution in [0.2, 0.25) is 0 Å². The summed E-state index contributed by atoms with van der Waals surface area (Å²) in [5, 5.41) is 3.22. The van der Waals surface area contributed by atoms with Crippen molar-refractivity contribution in [3.8, 4) is 0 Å². The summed E-state index contributed by atoms with van der Waals surface area (Å²) in [6.07, 6.45) is 4.99. The van der Waals surface area contributed by atoms with Crippen LogP contribution in [0.4, 0.5) is 5.82 Å². The fourth-order valence-corrected chi connectivity index (χ4v) is 2.83. The molecule has 0 saturated carbocycles. The van der Waals surface area contributed by atoms with Gasteiger partial charge in [-0.15, -0.1) is 0 Å². The topological polar surface area (TPSA) is 45.2 Å². The molecule has 1 aromatic heterocycles. The Hall–Kier alpha value is -1.58. The lowest BCUT2D eigenvalue weighted by atomic mass is 9.86. The molecule has 21 heavy (non-hydrogen) atoms. The minimum Gasteiger partial charge on any atom is -0.370 e. The molecule has 1 fully saturated rings. The molecule has 4 heteroatoms. The van der Waals surface area contributed by atoms with E-state index in [0.717, 1.165) is 50.6 Å². The average molecular weight is 289 g/mol. The molecule has 1 aromatic rings. The normalized spacial score (nSPS) is 16.3. The minimum absolute atomic E-state index is 0.117. The summed E-state index contributed by atoms with van der Waals surface area (Å²) < 4.78 is 0. The molecular formula is C17H27N3O. The lowest BCUT2D eigenvalue weighted by molar-refractivity contribution is 0.0667. The molecule has 1 amide bonds. The van der Waals surface area contributed by atoms with E-state index in [0.29, 0.717) is 11.5 Å². The Labute approximate surface area is 127 Å². The molecule has 2 heterocycles. The molecule has 0 radical (unpaired) electrons. The molecule has 0 spiro atoms. The molecule has 1 N–H and O–H groups in total. The van der Waals surface area contributed by atoms with E-state index >= 15 is 0 Å². The third kappa shape index (κ3) is 4.19. The van der Waals surface area contributed by atoms with Gasteiger partial charge in [0.15, 0.2) is 0 Å². The second-order valence-electron chi connectivity index (χ2n) is 6.23. The van der Waals surface area contributed by atoms with Gasteiger partial charge in [-0.25, -0.2) is 4.98 Å². The van der Waals surface area contributed by atoms with E-state index in [-0.39, 0.29) is 5.91 Å². The number of hydrogen-bond donors (Lipinski definition) is 1. The minimum atomic E-state index is 0.117. The van der Waals surface area contributed by atoms with Crippen molar-refractivity contribution in [2.24, 2.45) is 11.8 Å². The van der Waals surface area contributed by atoms with E-state index < -0.39 is 0 Å². The molecule has 0 atom stereocenters. The molecule has 0 aliphatic carbocycles. The van der Waals surface area contributed by atoms with Crippen LogP contribution in [0.25, 0.3) is 0 Å². The van der Waals surface area contributed by atoms with Crippen LogP contribution in [-0.4, -0.2) is 35.4 Å². The highest BCUT2D eigenvalue weighted by molar-refractivity contribution is 5.94. The number of nitrogens with zero attached hydrogens (tertiary/aromatic N) is 2. The van der Waals surface area contributed by atoms with Crippen molar-refractivity contribution >= 4 is 11.7 Å². The van der Waals surface area contributed by atoms with Gasteiger partial charge in [-0.1, -0.05) is 20.8 Å². The second-order valence-corrected chi connectivity index (χ2v) is 6.23. The summed E-state index contributed by atoms with van der Waals surface area (Å²) in [6, 6.07) is 3.77. The largest absolute Gasteiger partial charge is 0.370 e. The number of hydrogen-bond acceptors (Lipinski definition) is 3. The Morgan fingerprint density at radius 3 is 2.62 bits per heavy atom. The van der Waals surface area contributed by atoms with Crippen LogP contribution in [0.15, 0.2) is 18.3 Å². The van der Waals surface area contributed by atoms with Gasteiger partial charge < -0.3 is 10.2 Å². The summed E-state index contributed by atoms with van der Waals surface area (Å²) in [5.74, 6) is 2.43. The van der Waals surface area contributed by atoms with Crippen LogP contribution in [0, 0.1) is 11.8 Å². The van der Waals surface area contributed by atoms with Crippen LogP contribution in [-0.2, 0) is 0 Å². The number of amides is 1. The van der Waals surface area contributed by atoms with Gasteiger partial charge in [-0.3, -0.25) is 4.79 Å². The molecule has 116 valence electrons. The number of carbonyl (C=O) groups excluding carboxylic acids is 1. The molecule has 0 bridgehead atoms. The van der Waals surface area contributed by atoms with E-state index in [2.05, 4.69) is 31.1 Å². The van der Waals surface area contributed by atoms with Gasteiger partial charge in [0.05, 0.1) is 5.56 Å². The quantitative estimate of drug-likeness (QED) is 0.903. The van der Waals surface area contributed by atoms with Gasteiger partial charge in [0.1, 0.15) is 5.82 Å². The summed E-state index contributed by atoms with van der Waals surface area (Å²) in [4.78, 5) is 18.8. The monoisotopic (exact) mass is 289 g/mol. The average Bonchev–Trinajstić information content (AvgIpc) is 2.53. The predicted octanol–water partition coefficient (Wildman–Crippen LogP) is 3.41. The number of likely N-dealkylation sites (tertiary alicyclic amines) is 1. The number of aromatic nitrogens is 1. The van der Waals surface area contributed by atoms with Gasteiger partial charge in [0.2, 0.25) is 0 Å². The number of anilines is 1. The highest BCUT2D eigenvalue weighted by atomic mass is 16.2. The summed E-state index contributed by atoms with van der Waals surface area (Å²) in [7, 11) is 0. The molecule has 0 aromatic carbocycles. The van der Waals surface area contributed by atoms with Crippen molar-refractivity contribution in [1.82, 2.24) is 9.88 Å². The van der Waals surface area contributed by atoms with Crippen LogP contribution in [0.3, 0.4) is 0 Å². The van der Waals surface area contributed by atoms with Gasteiger partial charge >= 0.3 is 0 Å². The lowest BCUT2D eigenvalue weighted by Crippen LogP contribution is -2.39. The number of piperidine rings is 1. The first-order valence-electron chi connectivity index (χ1n) is 8.11. The van der Waals surface area contributed by atoms with Crippen molar-refractivity contribution in [3.05, 3.63) is 23.9 Å². The first kappa shape index (κ1) is 15.8. The van der Waals surface area contributed by atoms with E-state index in [9.17, 15) is 4.79 Å². The molecule has 0 unspecified atom stereocenters. The van der Waals surface area contributed by atoms with E-state index in [4.69, 9.17) is 0 Å². The van der Waals surface area contributed by atoms with Gasteiger partial charge in [-0.2, -0.15) is 0 Å². The van der Waals surface area contributed by atoms with E-state index in [1.807, 2.05) is 17.0 Å². The number of nitrogens with one attached hydrogen (secondary N) is 1. The molecule has 4 nitrogen and oxygen atoms in total. The lowest BCUT2D eigenvalue weighted by Gasteiger charge is -2.33. The van der Waals surface area contributed by atoms with Crippen molar-refractivity contribution in [2.75, 3.05) is 25.0 Å². The highest BCUT2D eigenvalue weighted by Crippen LogP contribution is 2.25. The third-order valence-electron chi connectivity index (χ3n) is 4.34. The Morgan fingerprint density at radius 1 is 1.38 bits per heavy atom. The third-order valence-corrected chi connectivity index (χ3v) is 4.34. The zero-order valence-electron chi connectivity index (χ0n) is 13.4. The zero-order valence-corrected chi connectivity index (χ0v) is 13.4. The van der Waals surface area contributed by atoms with Gasteiger partial charge in [0, 0.05) is 25.8 Å². The Morgan fingerprint density at radius 2 is 2.10 bits per heavy atom. The van der Waals surface area contributed by atoms with Crippen LogP contribution >= 0.6 is 0 Å². The van der Waals surface area contributed by atoms with E-state index in [1.165, 1.54) is 0 Å². The smallest absolute Gasteiger partial charge is 0.255 e. The first-order valence-corrected chi connectivity index (χ1v) is 8.11. The fourth-order valence-electron chi connectivity index (χ4n) is 2.83. The Balaban J connectivity index is 1.91. The van der Waals surface area contributed by atoms with Crippen molar-refractivity contribution in [2.45, 2.75) is 40.0 Å². The predicted molar refractivity (Wildman–Crippen MR) is 86.5 cm³/mol. The zero-order chi connectivity index (χ0) is 15.2. The Bertz CT molecular complexity index is 448. The fraction of sp³-hybridized carbons (Fsp3) is 0.647. The number of rotatable bonds is 5. The van der Waals surface area contributed by atoms with Crippen molar-refractivity contribution in [1.29, 1.82) is 0 Å². The summed E-state index contributed by atoms with van der Waals surface area (Å²) in [6.45, 7) is 9.31. The molecule has 1 saturated heterocycles. The molecular weight excluding hydrogens is 262 g/mol. The summed E-state index contributed by atoms with van der Waals surface area (Å²) >= 11 is 0. The summed E-state index contributed by atoms with van der Waals surface area (Å²) in [5.41, 5.74) is 0.694.